The summed E-state index contributed by atoms with van der Waals surface area (Å²) in [5, 5.41) is 6.12. The summed E-state index contributed by atoms with van der Waals surface area (Å²) in [6.07, 6.45) is 0.690. The van der Waals surface area contributed by atoms with Crippen molar-refractivity contribution in [1.82, 2.24) is 5.32 Å². The zero-order valence-electron chi connectivity index (χ0n) is 13.0. The van der Waals surface area contributed by atoms with Crippen molar-refractivity contribution < 1.29 is 13.6 Å². The summed E-state index contributed by atoms with van der Waals surface area (Å²) in [5.41, 5.74) is 1.00. The van der Waals surface area contributed by atoms with Crippen LogP contribution in [0.5, 0.6) is 0 Å². The second-order valence-electron chi connectivity index (χ2n) is 5.73. The number of hydrogen-bond donors (Lipinski definition) is 2. The Hall–Kier alpha value is -2.05. The van der Waals surface area contributed by atoms with Crippen LogP contribution in [-0.2, 0) is 0 Å². The number of amides is 2. The monoisotopic (exact) mass is 385 g/mol. The van der Waals surface area contributed by atoms with Gasteiger partial charge in [0, 0.05) is 30.9 Å². The highest BCUT2D eigenvalue weighted by Gasteiger charge is 2.25. The van der Waals surface area contributed by atoms with E-state index in [-0.39, 0.29) is 11.1 Å². The van der Waals surface area contributed by atoms with Gasteiger partial charge in [-0.25, -0.2) is 13.6 Å². The highest BCUT2D eigenvalue weighted by Crippen LogP contribution is 2.29. The van der Waals surface area contributed by atoms with Gasteiger partial charge in [-0.15, -0.1) is 0 Å². The van der Waals surface area contributed by atoms with E-state index in [4.69, 9.17) is 23.2 Å². The predicted octanol–water partition coefficient (Wildman–Crippen LogP) is 4.67. The molecule has 3 rings (SSSR count). The van der Waals surface area contributed by atoms with Crippen molar-refractivity contribution in [2.45, 2.75) is 12.5 Å². The van der Waals surface area contributed by atoms with E-state index in [1.165, 1.54) is 6.07 Å². The first-order valence-corrected chi connectivity index (χ1v) is 8.41. The smallest absolute Gasteiger partial charge is 0.319 e. The molecule has 0 aromatic heterocycles. The molecule has 1 atom stereocenters. The van der Waals surface area contributed by atoms with Crippen LogP contribution in [0, 0.1) is 11.6 Å². The van der Waals surface area contributed by atoms with Crippen LogP contribution < -0.4 is 15.5 Å². The molecule has 1 saturated heterocycles. The molecule has 8 heteroatoms. The first kappa shape index (κ1) is 17.8. The number of anilines is 2. The molecule has 2 aromatic rings. The minimum Gasteiger partial charge on any atom is -0.369 e. The number of nitrogens with zero attached hydrogens (tertiary/aromatic N) is 1. The summed E-state index contributed by atoms with van der Waals surface area (Å²) < 4.78 is 26.4. The van der Waals surface area contributed by atoms with Crippen LogP contribution in [0.1, 0.15) is 6.42 Å². The molecule has 0 aliphatic carbocycles. The molecule has 2 aromatic carbocycles. The van der Waals surface area contributed by atoms with E-state index < -0.39 is 17.7 Å². The lowest BCUT2D eigenvalue weighted by atomic mass is 10.2. The molecule has 1 fully saturated rings. The van der Waals surface area contributed by atoms with E-state index in [1.54, 1.807) is 18.2 Å². The normalized spacial score (nSPS) is 16.8. The zero-order valence-corrected chi connectivity index (χ0v) is 14.5. The number of urea groups is 1. The lowest BCUT2D eigenvalue weighted by Gasteiger charge is -2.19. The van der Waals surface area contributed by atoms with E-state index >= 15 is 0 Å². The molecule has 1 heterocycles. The maximum Gasteiger partial charge on any atom is 0.319 e. The quantitative estimate of drug-likeness (QED) is 0.805. The van der Waals surface area contributed by atoms with Crippen LogP contribution in [-0.4, -0.2) is 25.2 Å². The fraction of sp³-hybridized carbons (Fsp3) is 0.235. The Morgan fingerprint density at radius 1 is 1.16 bits per heavy atom. The van der Waals surface area contributed by atoms with Gasteiger partial charge in [0.25, 0.3) is 0 Å². The van der Waals surface area contributed by atoms with Crippen molar-refractivity contribution in [3.63, 3.8) is 0 Å². The molecule has 25 heavy (non-hydrogen) atoms. The Morgan fingerprint density at radius 3 is 2.72 bits per heavy atom. The number of hydrogen-bond acceptors (Lipinski definition) is 2. The van der Waals surface area contributed by atoms with Gasteiger partial charge in [0.05, 0.1) is 15.7 Å². The molecule has 1 aliphatic heterocycles. The fourth-order valence-corrected chi connectivity index (χ4v) is 3.09. The second-order valence-corrected chi connectivity index (χ2v) is 6.52. The molecular formula is C17H15Cl2F2N3O. The van der Waals surface area contributed by atoms with Crippen LogP contribution in [0.15, 0.2) is 36.4 Å². The SMILES string of the molecule is O=C(Nc1cccc(Cl)c1Cl)N[C@@H]1CCN(c2ccc(F)c(F)c2)C1. The largest absolute Gasteiger partial charge is 0.369 e. The third-order valence-corrected chi connectivity index (χ3v) is 4.81. The van der Waals surface area contributed by atoms with E-state index in [9.17, 15) is 13.6 Å². The summed E-state index contributed by atoms with van der Waals surface area (Å²) in [5.74, 6) is -1.77. The van der Waals surface area contributed by atoms with Gasteiger partial charge in [-0.3, -0.25) is 0 Å². The van der Waals surface area contributed by atoms with Gasteiger partial charge >= 0.3 is 6.03 Å². The van der Waals surface area contributed by atoms with Crippen molar-refractivity contribution in [1.29, 1.82) is 0 Å². The highest BCUT2D eigenvalue weighted by atomic mass is 35.5. The van der Waals surface area contributed by atoms with Gasteiger partial charge in [0.2, 0.25) is 0 Å². The molecule has 0 radical (unpaired) electrons. The maximum absolute atomic E-state index is 13.3. The van der Waals surface area contributed by atoms with E-state index in [2.05, 4.69) is 10.6 Å². The summed E-state index contributed by atoms with van der Waals surface area (Å²) >= 11 is 11.9. The fourth-order valence-electron chi connectivity index (χ4n) is 2.74. The Balaban J connectivity index is 1.58. The molecule has 132 valence electrons. The van der Waals surface area contributed by atoms with E-state index in [0.29, 0.717) is 35.9 Å². The number of nitrogens with one attached hydrogen (secondary N) is 2. The van der Waals surface area contributed by atoms with E-state index in [1.807, 2.05) is 4.90 Å². The Labute approximate surface area is 153 Å². The third kappa shape index (κ3) is 4.14. The van der Waals surface area contributed by atoms with Crippen molar-refractivity contribution in [3.05, 3.63) is 58.1 Å². The lowest BCUT2D eigenvalue weighted by Crippen LogP contribution is -2.39. The standard InChI is InChI=1S/C17H15Cl2F2N3O/c18-12-2-1-3-15(16(12)19)23-17(25)22-10-6-7-24(9-10)11-4-5-13(20)14(21)8-11/h1-5,8,10H,6-7,9H2,(H2,22,23,25)/t10-/m1/s1. The first-order valence-electron chi connectivity index (χ1n) is 7.65. The Bertz CT molecular complexity index is 803. The van der Waals surface area contributed by atoms with Crippen molar-refractivity contribution in [2.24, 2.45) is 0 Å². The van der Waals surface area contributed by atoms with Gasteiger partial charge in [-0.1, -0.05) is 29.3 Å². The van der Waals surface area contributed by atoms with Crippen LogP contribution in [0.4, 0.5) is 25.0 Å². The first-order chi connectivity index (χ1) is 11.9. The van der Waals surface area contributed by atoms with Gasteiger partial charge in [0.1, 0.15) is 0 Å². The van der Waals surface area contributed by atoms with Crippen molar-refractivity contribution in [3.8, 4) is 0 Å². The minimum absolute atomic E-state index is 0.119. The van der Waals surface area contributed by atoms with Gasteiger partial charge in [0.15, 0.2) is 11.6 Å². The Morgan fingerprint density at radius 2 is 1.96 bits per heavy atom. The highest BCUT2D eigenvalue weighted by molar-refractivity contribution is 6.43. The number of halogens is 4. The minimum atomic E-state index is -0.887. The number of carbonyl (C=O) groups is 1. The van der Waals surface area contributed by atoms with Gasteiger partial charge in [-0.05, 0) is 30.7 Å². The van der Waals surface area contributed by atoms with Crippen LogP contribution in [0.2, 0.25) is 10.0 Å². The van der Waals surface area contributed by atoms with Crippen LogP contribution >= 0.6 is 23.2 Å². The molecule has 0 spiro atoms. The summed E-state index contributed by atoms with van der Waals surface area (Å²) in [6, 6.07) is 8.21. The van der Waals surface area contributed by atoms with Crippen molar-refractivity contribution in [2.75, 3.05) is 23.3 Å². The molecular weight excluding hydrogens is 371 g/mol. The average Bonchev–Trinajstić information content (AvgIpc) is 3.03. The molecule has 2 N–H and O–H groups in total. The average molecular weight is 386 g/mol. The van der Waals surface area contributed by atoms with Gasteiger partial charge < -0.3 is 15.5 Å². The summed E-state index contributed by atoms with van der Waals surface area (Å²) in [6.45, 7) is 1.13. The number of rotatable bonds is 3. The molecule has 2 amide bonds. The maximum atomic E-state index is 13.3. The summed E-state index contributed by atoms with van der Waals surface area (Å²) in [7, 11) is 0. The topological polar surface area (TPSA) is 44.4 Å². The molecule has 0 saturated carbocycles. The predicted molar refractivity (Wildman–Crippen MR) is 95.6 cm³/mol. The summed E-state index contributed by atoms with van der Waals surface area (Å²) in [4.78, 5) is 14.0. The van der Waals surface area contributed by atoms with Crippen LogP contribution in [0.25, 0.3) is 0 Å². The van der Waals surface area contributed by atoms with E-state index in [0.717, 1.165) is 12.1 Å². The molecule has 0 bridgehead atoms. The van der Waals surface area contributed by atoms with Crippen molar-refractivity contribution >= 4 is 40.6 Å². The Kier molecular flexibility index (Phi) is 5.30. The molecule has 4 nitrogen and oxygen atoms in total. The molecule has 1 aliphatic rings. The third-order valence-electron chi connectivity index (χ3n) is 3.99. The molecule has 0 unspecified atom stereocenters. The number of benzene rings is 2. The van der Waals surface area contributed by atoms with Gasteiger partial charge in [-0.2, -0.15) is 0 Å². The van der Waals surface area contributed by atoms with Crippen LogP contribution in [0.3, 0.4) is 0 Å². The lowest BCUT2D eigenvalue weighted by molar-refractivity contribution is 0.249. The zero-order chi connectivity index (χ0) is 18.0. The number of carbonyl (C=O) groups excluding carboxylic acids is 1. The second kappa shape index (κ2) is 7.45.